The van der Waals surface area contributed by atoms with Gasteiger partial charge in [0.15, 0.2) is 5.13 Å². The summed E-state index contributed by atoms with van der Waals surface area (Å²) < 4.78 is 0. The molecule has 0 unspecified atom stereocenters. The summed E-state index contributed by atoms with van der Waals surface area (Å²) in [4.78, 5) is 30.0. The van der Waals surface area contributed by atoms with Gasteiger partial charge in [0.25, 0.3) is 0 Å². The number of benzene rings is 3. The van der Waals surface area contributed by atoms with Crippen molar-refractivity contribution in [3.63, 3.8) is 0 Å². The molecule has 2 N–H and O–H groups in total. The zero-order valence-electron chi connectivity index (χ0n) is 17.8. The summed E-state index contributed by atoms with van der Waals surface area (Å²) in [6.45, 7) is 0. The molecule has 0 bridgehead atoms. The second kappa shape index (κ2) is 11.5. The summed E-state index contributed by atoms with van der Waals surface area (Å²) in [6.07, 6.45) is 0.267. The molecule has 1 aromatic heterocycles. The highest BCUT2D eigenvalue weighted by molar-refractivity contribution is 8.00. The lowest BCUT2D eigenvalue weighted by atomic mass is 10.1. The average Bonchev–Trinajstić information content (AvgIpc) is 3.28. The summed E-state index contributed by atoms with van der Waals surface area (Å²) in [5, 5.41) is 9.34. The number of halogens is 2. The Hall–Kier alpha value is -2.84. The van der Waals surface area contributed by atoms with Crippen molar-refractivity contribution in [2.45, 2.75) is 11.3 Å². The third-order valence-corrected chi connectivity index (χ3v) is 7.04. The van der Waals surface area contributed by atoms with E-state index in [2.05, 4.69) is 15.6 Å². The van der Waals surface area contributed by atoms with Gasteiger partial charge in [-0.3, -0.25) is 9.59 Å². The van der Waals surface area contributed by atoms with E-state index in [0.717, 1.165) is 21.7 Å². The van der Waals surface area contributed by atoms with Gasteiger partial charge < -0.3 is 10.6 Å². The van der Waals surface area contributed by atoms with E-state index in [1.165, 1.54) is 23.1 Å². The van der Waals surface area contributed by atoms with E-state index in [9.17, 15) is 9.59 Å². The molecule has 0 spiro atoms. The van der Waals surface area contributed by atoms with Crippen molar-refractivity contribution in [3.8, 4) is 11.3 Å². The molecule has 0 aliphatic carbocycles. The zero-order chi connectivity index (χ0) is 23.9. The predicted molar refractivity (Wildman–Crippen MR) is 142 cm³/mol. The minimum absolute atomic E-state index is 0.110. The van der Waals surface area contributed by atoms with Gasteiger partial charge in [-0.1, -0.05) is 53.5 Å². The van der Waals surface area contributed by atoms with Crippen molar-refractivity contribution in [3.05, 3.63) is 93.8 Å². The Labute approximate surface area is 215 Å². The van der Waals surface area contributed by atoms with E-state index in [1.54, 1.807) is 12.1 Å². The molecule has 1 heterocycles. The number of anilines is 2. The van der Waals surface area contributed by atoms with Gasteiger partial charge in [-0.15, -0.1) is 23.1 Å². The lowest BCUT2D eigenvalue weighted by Gasteiger charge is -2.07. The Bertz CT molecular complexity index is 1290. The van der Waals surface area contributed by atoms with Crippen molar-refractivity contribution in [2.75, 3.05) is 16.4 Å². The second-order valence-corrected chi connectivity index (χ2v) is 9.98. The maximum absolute atomic E-state index is 12.3. The van der Waals surface area contributed by atoms with Gasteiger partial charge in [0.1, 0.15) is 0 Å². The summed E-state index contributed by atoms with van der Waals surface area (Å²) >= 11 is 14.8. The van der Waals surface area contributed by atoms with Crippen LogP contribution in [-0.2, 0) is 16.0 Å². The molecular formula is C25H19Cl2N3O2S2. The van der Waals surface area contributed by atoms with Crippen molar-refractivity contribution in [2.24, 2.45) is 0 Å². The number of nitrogens with zero attached hydrogens (tertiary/aromatic N) is 1. The van der Waals surface area contributed by atoms with E-state index in [0.29, 0.717) is 20.9 Å². The first-order valence-electron chi connectivity index (χ1n) is 10.2. The number of aromatic nitrogens is 1. The van der Waals surface area contributed by atoms with Crippen molar-refractivity contribution in [1.82, 2.24) is 4.98 Å². The Morgan fingerprint density at radius 3 is 2.35 bits per heavy atom. The van der Waals surface area contributed by atoms with Crippen LogP contribution in [0, 0.1) is 0 Å². The zero-order valence-corrected chi connectivity index (χ0v) is 20.9. The molecule has 0 aliphatic heterocycles. The molecule has 0 radical (unpaired) electrons. The van der Waals surface area contributed by atoms with Crippen LogP contribution in [0.1, 0.15) is 5.56 Å². The van der Waals surface area contributed by atoms with Gasteiger partial charge >= 0.3 is 0 Å². The third kappa shape index (κ3) is 6.84. The Kier molecular flexibility index (Phi) is 8.24. The fraction of sp³-hybridized carbons (Fsp3) is 0.0800. The van der Waals surface area contributed by atoms with E-state index >= 15 is 0 Å². The van der Waals surface area contributed by atoms with Crippen LogP contribution in [0.15, 0.2) is 83.1 Å². The molecule has 4 rings (SSSR count). The molecule has 9 heteroatoms. The van der Waals surface area contributed by atoms with Crippen LogP contribution in [0.3, 0.4) is 0 Å². The summed E-state index contributed by atoms with van der Waals surface area (Å²) in [6, 6.07) is 22.0. The number of carbonyl (C=O) groups is 2. The average molecular weight is 528 g/mol. The smallest absolute Gasteiger partial charge is 0.236 e. The van der Waals surface area contributed by atoms with Crippen LogP contribution in [0.4, 0.5) is 10.8 Å². The monoisotopic (exact) mass is 527 g/mol. The molecule has 5 nitrogen and oxygen atoms in total. The van der Waals surface area contributed by atoms with Gasteiger partial charge in [-0.25, -0.2) is 4.98 Å². The first-order chi connectivity index (χ1) is 16.5. The number of hydrogen-bond acceptors (Lipinski definition) is 5. The number of amides is 2. The summed E-state index contributed by atoms with van der Waals surface area (Å²) in [7, 11) is 0. The standard InChI is InChI=1S/C25H19Cl2N3O2S2/c26-17-7-5-16(6-8-17)13-23(31)28-18-9-11-19(12-10-18)33-15-24(32)30-25-29-22(14-34-25)20-3-1-2-4-21(20)27/h1-12,14H,13,15H2,(H,28,31)(H,29,30,32). The van der Waals surface area contributed by atoms with Crippen LogP contribution in [-0.4, -0.2) is 22.6 Å². The predicted octanol–water partition coefficient (Wildman–Crippen LogP) is 7.03. The SMILES string of the molecule is O=C(Cc1ccc(Cl)cc1)Nc1ccc(SCC(=O)Nc2nc(-c3ccccc3Cl)cs2)cc1. The van der Waals surface area contributed by atoms with E-state index < -0.39 is 0 Å². The van der Waals surface area contributed by atoms with Crippen molar-refractivity contribution in [1.29, 1.82) is 0 Å². The van der Waals surface area contributed by atoms with E-state index in [1.807, 2.05) is 66.0 Å². The van der Waals surface area contributed by atoms with Crippen LogP contribution >= 0.6 is 46.3 Å². The number of nitrogens with one attached hydrogen (secondary N) is 2. The number of thioether (sulfide) groups is 1. The van der Waals surface area contributed by atoms with E-state index in [-0.39, 0.29) is 24.0 Å². The number of thiazole rings is 1. The van der Waals surface area contributed by atoms with Gasteiger partial charge in [-0.2, -0.15) is 0 Å². The van der Waals surface area contributed by atoms with Crippen LogP contribution in [0.5, 0.6) is 0 Å². The first kappa shape index (κ1) is 24.3. The summed E-state index contributed by atoms with van der Waals surface area (Å²) in [5.74, 6) is -0.0179. The quantitative estimate of drug-likeness (QED) is 0.241. The van der Waals surface area contributed by atoms with Crippen molar-refractivity contribution >= 4 is 68.9 Å². The highest BCUT2D eigenvalue weighted by atomic mass is 35.5. The van der Waals surface area contributed by atoms with Gasteiger partial charge in [0, 0.05) is 31.6 Å². The normalized spacial score (nSPS) is 10.6. The van der Waals surface area contributed by atoms with Gasteiger partial charge in [-0.05, 0) is 48.0 Å². The molecule has 0 atom stereocenters. The maximum atomic E-state index is 12.3. The fourth-order valence-electron chi connectivity index (χ4n) is 3.06. The molecule has 0 fully saturated rings. The molecule has 4 aromatic rings. The molecule has 2 amide bonds. The molecule has 0 saturated heterocycles. The highest BCUT2D eigenvalue weighted by Crippen LogP contribution is 2.30. The number of rotatable bonds is 8. The van der Waals surface area contributed by atoms with Crippen LogP contribution in [0.2, 0.25) is 10.0 Å². The molecule has 0 aliphatic rings. The number of carbonyl (C=O) groups excluding carboxylic acids is 2. The van der Waals surface area contributed by atoms with Gasteiger partial charge in [0.2, 0.25) is 11.8 Å². The van der Waals surface area contributed by atoms with Crippen molar-refractivity contribution < 1.29 is 9.59 Å². The topological polar surface area (TPSA) is 71.1 Å². The third-order valence-electron chi connectivity index (χ3n) is 4.69. The molecular weight excluding hydrogens is 509 g/mol. The minimum atomic E-state index is -0.148. The Morgan fingerprint density at radius 2 is 1.62 bits per heavy atom. The minimum Gasteiger partial charge on any atom is -0.326 e. The maximum Gasteiger partial charge on any atom is 0.236 e. The lowest BCUT2D eigenvalue weighted by molar-refractivity contribution is -0.115. The van der Waals surface area contributed by atoms with E-state index in [4.69, 9.17) is 23.2 Å². The van der Waals surface area contributed by atoms with Crippen LogP contribution < -0.4 is 10.6 Å². The Balaban J connectivity index is 1.25. The second-order valence-electron chi connectivity index (χ2n) is 7.23. The fourth-order valence-corrected chi connectivity index (χ4v) is 4.84. The Morgan fingerprint density at radius 1 is 0.882 bits per heavy atom. The highest BCUT2D eigenvalue weighted by Gasteiger charge is 2.11. The number of hydrogen-bond donors (Lipinski definition) is 2. The molecule has 172 valence electrons. The van der Waals surface area contributed by atoms with Crippen LogP contribution in [0.25, 0.3) is 11.3 Å². The molecule has 34 heavy (non-hydrogen) atoms. The largest absolute Gasteiger partial charge is 0.326 e. The lowest BCUT2D eigenvalue weighted by Crippen LogP contribution is -2.14. The molecule has 0 saturated carbocycles. The molecule has 3 aromatic carbocycles. The first-order valence-corrected chi connectivity index (χ1v) is 12.9. The van der Waals surface area contributed by atoms with Gasteiger partial charge in [0.05, 0.1) is 17.9 Å². The summed E-state index contributed by atoms with van der Waals surface area (Å²) in [5.41, 5.74) is 3.14.